The van der Waals surface area contributed by atoms with Crippen LogP contribution >= 0.6 is 11.8 Å². The van der Waals surface area contributed by atoms with E-state index in [4.69, 9.17) is 0 Å². The monoisotopic (exact) mass is 366 g/mol. The number of hydrogen-bond donors (Lipinski definition) is 0. The van der Waals surface area contributed by atoms with Gasteiger partial charge in [0.05, 0.1) is 5.56 Å². The highest BCUT2D eigenvalue weighted by molar-refractivity contribution is 7.99. The topological polar surface area (TPSA) is 33.2 Å². The predicted molar refractivity (Wildman–Crippen MR) is 91.4 cm³/mol. The Kier molecular flexibility index (Phi) is 5.32. The van der Waals surface area contributed by atoms with Gasteiger partial charge in [-0.15, -0.1) is 0 Å². The number of carbonyl (C=O) groups excluding carboxylic acids is 1. The average molecular weight is 366 g/mol. The third-order valence-electron chi connectivity index (χ3n) is 4.10. The van der Waals surface area contributed by atoms with E-state index in [0.29, 0.717) is 18.3 Å². The summed E-state index contributed by atoms with van der Waals surface area (Å²) in [6.07, 6.45) is -2.67. The van der Waals surface area contributed by atoms with Crippen LogP contribution in [-0.4, -0.2) is 34.6 Å². The maximum absolute atomic E-state index is 12.6. The standard InChI is InChI=1S/C18H17F3N2OS/c19-18(20,21)16-7-6-14(12-22-16)17(24)23-9-8-15(25-11-10-23)13-4-2-1-3-5-13/h1-7,12,15H,8-11H2/t15-/m1/s1. The number of alkyl halides is 3. The van der Waals surface area contributed by atoms with Crippen LogP contribution in [0.15, 0.2) is 48.7 Å². The molecule has 1 fully saturated rings. The Labute approximate surface area is 148 Å². The molecule has 7 heteroatoms. The van der Waals surface area contributed by atoms with Crippen LogP contribution in [0, 0.1) is 0 Å². The number of thioether (sulfide) groups is 1. The number of halogens is 3. The summed E-state index contributed by atoms with van der Waals surface area (Å²) in [6.45, 7) is 1.15. The molecule has 1 aromatic heterocycles. The fourth-order valence-corrected chi connectivity index (χ4v) is 4.01. The second kappa shape index (κ2) is 7.47. The molecule has 2 heterocycles. The molecule has 3 rings (SSSR count). The molecule has 2 aromatic rings. The molecule has 132 valence electrons. The third-order valence-corrected chi connectivity index (χ3v) is 5.43. The molecule has 0 aliphatic carbocycles. The minimum Gasteiger partial charge on any atom is -0.338 e. The molecule has 0 bridgehead atoms. The average Bonchev–Trinajstić information content (AvgIpc) is 2.87. The zero-order valence-electron chi connectivity index (χ0n) is 13.4. The van der Waals surface area contributed by atoms with E-state index in [-0.39, 0.29) is 11.5 Å². The first-order valence-corrected chi connectivity index (χ1v) is 8.99. The highest BCUT2D eigenvalue weighted by atomic mass is 32.2. The van der Waals surface area contributed by atoms with Gasteiger partial charge in [-0.2, -0.15) is 24.9 Å². The maximum atomic E-state index is 12.6. The van der Waals surface area contributed by atoms with Crippen LogP contribution in [0.5, 0.6) is 0 Å². The van der Waals surface area contributed by atoms with Crippen molar-refractivity contribution in [3.05, 3.63) is 65.5 Å². The van der Waals surface area contributed by atoms with Crippen LogP contribution in [0.2, 0.25) is 0 Å². The van der Waals surface area contributed by atoms with E-state index in [1.165, 1.54) is 11.6 Å². The molecule has 1 saturated heterocycles. The van der Waals surface area contributed by atoms with Gasteiger partial charge in [-0.05, 0) is 24.1 Å². The van der Waals surface area contributed by atoms with Gasteiger partial charge in [0, 0.05) is 30.3 Å². The molecule has 0 radical (unpaired) electrons. The van der Waals surface area contributed by atoms with E-state index in [1.54, 1.807) is 16.7 Å². The largest absolute Gasteiger partial charge is 0.433 e. The Bertz CT molecular complexity index is 719. The van der Waals surface area contributed by atoms with Gasteiger partial charge in [0.15, 0.2) is 0 Å². The number of nitrogens with zero attached hydrogens (tertiary/aromatic N) is 2. The predicted octanol–water partition coefficient (Wildman–Crippen LogP) is 4.42. The van der Waals surface area contributed by atoms with Crippen LogP contribution in [-0.2, 0) is 6.18 Å². The van der Waals surface area contributed by atoms with Crippen LogP contribution in [0.4, 0.5) is 13.2 Å². The lowest BCUT2D eigenvalue weighted by Gasteiger charge is -2.20. The first kappa shape index (κ1) is 17.8. The molecular weight excluding hydrogens is 349 g/mol. The van der Waals surface area contributed by atoms with Crippen molar-refractivity contribution in [2.75, 3.05) is 18.8 Å². The summed E-state index contributed by atoms with van der Waals surface area (Å²) in [5.74, 6) is 0.523. The number of rotatable bonds is 2. The maximum Gasteiger partial charge on any atom is 0.433 e. The van der Waals surface area contributed by atoms with Crippen LogP contribution < -0.4 is 0 Å². The molecule has 1 aliphatic rings. The first-order valence-electron chi connectivity index (χ1n) is 7.94. The van der Waals surface area contributed by atoms with E-state index in [1.807, 2.05) is 18.2 Å². The molecule has 1 aromatic carbocycles. The lowest BCUT2D eigenvalue weighted by Crippen LogP contribution is -2.33. The number of benzene rings is 1. The van der Waals surface area contributed by atoms with Gasteiger partial charge in [0.2, 0.25) is 0 Å². The lowest BCUT2D eigenvalue weighted by molar-refractivity contribution is -0.141. The molecular formula is C18H17F3N2OS. The Balaban J connectivity index is 1.67. The van der Waals surface area contributed by atoms with Gasteiger partial charge in [-0.25, -0.2) is 0 Å². The van der Waals surface area contributed by atoms with E-state index in [0.717, 1.165) is 24.4 Å². The summed E-state index contributed by atoms with van der Waals surface area (Å²) in [6, 6.07) is 12.2. The van der Waals surface area contributed by atoms with Gasteiger partial charge in [0.25, 0.3) is 5.91 Å². The normalized spacial score (nSPS) is 18.7. The highest BCUT2D eigenvalue weighted by Crippen LogP contribution is 2.34. The zero-order chi connectivity index (χ0) is 17.9. The molecule has 1 aliphatic heterocycles. The number of carbonyl (C=O) groups is 1. The molecule has 3 nitrogen and oxygen atoms in total. The van der Waals surface area contributed by atoms with E-state index < -0.39 is 11.9 Å². The van der Waals surface area contributed by atoms with Gasteiger partial charge in [-0.3, -0.25) is 9.78 Å². The fourth-order valence-electron chi connectivity index (χ4n) is 2.78. The molecule has 1 atom stereocenters. The van der Waals surface area contributed by atoms with Crippen LogP contribution in [0.1, 0.15) is 33.3 Å². The summed E-state index contributed by atoms with van der Waals surface area (Å²) in [4.78, 5) is 17.6. The minimum absolute atomic E-state index is 0.191. The Morgan fingerprint density at radius 1 is 1.12 bits per heavy atom. The van der Waals surface area contributed by atoms with Crippen molar-refractivity contribution >= 4 is 17.7 Å². The summed E-state index contributed by atoms with van der Waals surface area (Å²) < 4.78 is 37.7. The molecule has 0 saturated carbocycles. The fraction of sp³-hybridized carbons (Fsp3) is 0.333. The van der Waals surface area contributed by atoms with Crippen molar-refractivity contribution < 1.29 is 18.0 Å². The van der Waals surface area contributed by atoms with E-state index >= 15 is 0 Å². The number of amides is 1. The van der Waals surface area contributed by atoms with Crippen molar-refractivity contribution in [2.24, 2.45) is 0 Å². The van der Waals surface area contributed by atoms with Crippen molar-refractivity contribution in [3.63, 3.8) is 0 Å². The first-order chi connectivity index (χ1) is 11.9. The zero-order valence-corrected chi connectivity index (χ0v) is 14.2. The summed E-state index contributed by atoms with van der Waals surface area (Å²) in [7, 11) is 0. The van der Waals surface area contributed by atoms with Gasteiger partial charge < -0.3 is 4.90 Å². The third kappa shape index (κ3) is 4.34. The minimum atomic E-state index is -4.50. The number of pyridine rings is 1. The van der Waals surface area contributed by atoms with Crippen LogP contribution in [0.25, 0.3) is 0 Å². The van der Waals surface area contributed by atoms with Crippen molar-refractivity contribution in [3.8, 4) is 0 Å². The van der Waals surface area contributed by atoms with Gasteiger partial charge >= 0.3 is 6.18 Å². The number of aromatic nitrogens is 1. The second-order valence-electron chi connectivity index (χ2n) is 5.78. The summed E-state index contributed by atoms with van der Waals surface area (Å²) in [5.41, 5.74) is 0.439. The number of hydrogen-bond acceptors (Lipinski definition) is 3. The highest BCUT2D eigenvalue weighted by Gasteiger charge is 2.32. The molecule has 25 heavy (non-hydrogen) atoms. The van der Waals surface area contributed by atoms with E-state index in [9.17, 15) is 18.0 Å². The molecule has 0 N–H and O–H groups in total. The summed E-state index contributed by atoms with van der Waals surface area (Å²) >= 11 is 1.80. The second-order valence-corrected chi connectivity index (χ2v) is 7.09. The molecule has 0 unspecified atom stereocenters. The van der Waals surface area contributed by atoms with Crippen LogP contribution in [0.3, 0.4) is 0 Å². The van der Waals surface area contributed by atoms with Crippen molar-refractivity contribution in [1.82, 2.24) is 9.88 Å². The smallest absolute Gasteiger partial charge is 0.338 e. The Morgan fingerprint density at radius 3 is 2.52 bits per heavy atom. The quantitative estimate of drug-likeness (QED) is 0.789. The van der Waals surface area contributed by atoms with Gasteiger partial charge in [0.1, 0.15) is 5.69 Å². The Hall–Kier alpha value is -2.02. The van der Waals surface area contributed by atoms with Gasteiger partial charge in [-0.1, -0.05) is 30.3 Å². The molecule has 1 amide bonds. The SMILES string of the molecule is O=C(c1ccc(C(F)(F)F)nc1)N1CCS[C@@H](c2ccccc2)CC1. The van der Waals surface area contributed by atoms with Crippen molar-refractivity contribution in [1.29, 1.82) is 0 Å². The summed E-state index contributed by atoms with van der Waals surface area (Å²) in [5, 5.41) is 0.324. The lowest BCUT2D eigenvalue weighted by atomic mass is 10.1. The van der Waals surface area contributed by atoms with E-state index in [2.05, 4.69) is 17.1 Å². The van der Waals surface area contributed by atoms with Crippen molar-refractivity contribution in [2.45, 2.75) is 17.8 Å². The Morgan fingerprint density at radius 2 is 1.88 bits per heavy atom. The molecule has 0 spiro atoms.